The van der Waals surface area contributed by atoms with Crippen LogP contribution in [-0.2, 0) is 4.79 Å². The van der Waals surface area contributed by atoms with Crippen LogP contribution in [-0.4, -0.2) is 43.4 Å². The first-order valence-corrected chi connectivity index (χ1v) is 7.45. The van der Waals surface area contributed by atoms with Gasteiger partial charge in [0.25, 0.3) is 0 Å². The number of benzene rings is 1. The average Bonchev–Trinajstić information content (AvgIpc) is 2.46. The Kier molecular flexibility index (Phi) is 5.62. The van der Waals surface area contributed by atoms with Gasteiger partial charge in [-0.25, -0.2) is 0 Å². The summed E-state index contributed by atoms with van der Waals surface area (Å²) in [7, 11) is 0. The first kappa shape index (κ1) is 15.1. The average molecular weight is 293 g/mol. The molecular weight excluding hydrogens is 272 g/mol. The smallest absolute Gasteiger partial charge is 0.156 e. The van der Waals surface area contributed by atoms with Crippen molar-refractivity contribution in [3.05, 3.63) is 41.4 Å². The molecule has 0 amide bonds. The number of ketones is 1. The number of hydrogen-bond donors (Lipinski definition) is 0. The van der Waals surface area contributed by atoms with Crippen LogP contribution in [0.25, 0.3) is 0 Å². The molecule has 0 bridgehead atoms. The van der Waals surface area contributed by atoms with Crippen molar-refractivity contribution in [2.45, 2.75) is 13.3 Å². The first-order chi connectivity index (χ1) is 9.69. The second-order valence-electron chi connectivity index (χ2n) is 5.02. The molecule has 0 aliphatic carbocycles. The minimum absolute atomic E-state index is 0.213. The molecule has 1 heterocycles. The van der Waals surface area contributed by atoms with Gasteiger partial charge in [0.1, 0.15) is 0 Å². The molecule has 1 aliphatic heterocycles. The van der Waals surface area contributed by atoms with Gasteiger partial charge in [0.15, 0.2) is 5.78 Å². The molecule has 1 aromatic rings. The van der Waals surface area contributed by atoms with Gasteiger partial charge in [-0.2, -0.15) is 0 Å². The predicted molar refractivity (Wildman–Crippen MR) is 84.5 cm³/mol. The Morgan fingerprint density at radius 2 is 2.05 bits per heavy atom. The fourth-order valence-corrected chi connectivity index (χ4v) is 2.62. The lowest BCUT2D eigenvalue weighted by Gasteiger charge is -2.36. The van der Waals surface area contributed by atoms with Crippen molar-refractivity contribution in [3.63, 3.8) is 0 Å². The van der Waals surface area contributed by atoms with E-state index in [-0.39, 0.29) is 5.78 Å². The number of anilines is 1. The maximum absolute atomic E-state index is 11.5. The van der Waals surface area contributed by atoms with Gasteiger partial charge in [-0.05, 0) is 31.2 Å². The SMILES string of the molecule is CC=CC(=O)CCN1CCN(c2cccc(Cl)c2)CC1. The third kappa shape index (κ3) is 4.36. The molecule has 0 unspecified atom stereocenters. The number of allylic oxidation sites excluding steroid dienone is 2. The van der Waals surface area contributed by atoms with E-state index >= 15 is 0 Å². The zero-order valence-electron chi connectivity index (χ0n) is 11.9. The van der Waals surface area contributed by atoms with Crippen LogP contribution in [0.4, 0.5) is 5.69 Å². The summed E-state index contributed by atoms with van der Waals surface area (Å²) >= 11 is 6.03. The Morgan fingerprint density at radius 3 is 2.70 bits per heavy atom. The van der Waals surface area contributed by atoms with E-state index in [9.17, 15) is 4.79 Å². The zero-order chi connectivity index (χ0) is 14.4. The van der Waals surface area contributed by atoms with Gasteiger partial charge < -0.3 is 4.90 Å². The van der Waals surface area contributed by atoms with Crippen molar-refractivity contribution < 1.29 is 4.79 Å². The monoisotopic (exact) mass is 292 g/mol. The molecule has 0 aromatic heterocycles. The summed E-state index contributed by atoms with van der Waals surface area (Å²) in [6.45, 7) is 6.69. The van der Waals surface area contributed by atoms with E-state index in [4.69, 9.17) is 11.6 Å². The number of carbonyl (C=O) groups excluding carboxylic acids is 1. The van der Waals surface area contributed by atoms with E-state index in [1.54, 1.807) is 12.2 Å². The fourth-order valence-electron chi connectivity index (χ4n) is 2.44. The minimum atomic E-state index is 0.213. The van der Waals surface area contributed by atoms with E-state index in [1.807, 2.05) is 25.1 Å². The Morgan fingerprint density at radius 1 is 1.30 bits per heavy atom. The van der Waals surface area contributed by atoms with E-state index in [0.717, 1.165) is 37.7 Å². The Labute approximate surface area is 125 Å². The van der Waals surface area contributed by atoms with Crippen molar-refractivity contribution >= 4 is 23.1 Å². The molecular formula is C16H21ClN2O. The highest BCUT2D eigenvalue weighted by molar-refractivity contribution is 6.30. The van der Waals surface area contributed by atoms with Crippen LogP contribution in [0.5, 0.6) is 0 Å². The Balaban J connectivity index is 1.79. The Bertz CT molecular complexity index is 479. The maximum atomic E-state index is 11.5. The third-order valence-electron chi connectivity index (χ3n) is 3.57. The summed E-state index contributed by atoms with van der Waals surface area (Å²) < 4.78 is 0. The second kappa shape index (κ2) is 7.46. The van der Waals surface area contributed by atoms with Gasteiger partial charge in [0.05, 0.1) is 0 Å². The number of halogens is 1. The van der Waals surface area contributed by atoms with Crippen LogP contribution in [0.15, 0.2) is 36.4 Å². The van der Waals surface area contributed by atoms with Crippen molar-refractivity contribution in [2.75, 3.05) is 37.6 Å². The van der Waals surface area contributed by atoms with Crippen molar-refractivity contribution in [1.82, 2.24) is 4.90 Å². The summed E-state index contributed by atoms with van der Waals surface area (Å²) in [5.74, 6) is 0.213. The van der Waals surface area contributed by atoms with Gasteiger partial charge in [0.2, 0.25) is 0 Å². The largest absolute Gasteiger partial charge is 0.369 e. The highest BCUT2D eigenvalue weighted by atomic mass is 35.5. The van der Waals surface area contributed by atoms with E-state index in [1.165, 1.54) is 5.69 Å². The van der Waals surface area contributed by atoms with Crippen LogP contribution >= 0.6 is 11.6 Å². The molecule has 108 valence electrons. The second-order valence-corrected chi connectivity index (χ2v) is 5.46. The number of carbonyl (C=O) groups is 1. The number of nitrogens with zero attached hydrogens (tertiary/aromatic N) is 2. The highest BCUT2D eigenvalue weighted by Gasteiger charge is 2.17. The van der Waals surface area contributed by atoms with Crippen LogP contribution in [0, 0.1) is 0 Å². The summed E-state index contributed by atoms with van der Waals surface area (Å²) in [6, 6.07) is 7.98. The molecule has 20 heavy (non-hydrogen) atoms. The topological polar surface area (TPSA) is 23.6 Å². The number of hydrogen-bond acceptors (Lipinski definition) is 3. The third-order valence-corrected chi connectivity index (χ3v) is 3.81. The van der Waals surface area contributed by atoms with Gasteiger partial charge in [-0.3, -0.25) is 9.69 Å². The molecule has 1 fully saturated rings. The molecule has 0 saturated carbocycles. The molecule has 4 heteroatoms. The zero-order valence-corrected chi connectivity index (χ0v) is 12.6. The van der Waals surface area contributed by atoms with Gasteiger partial charge in [0, 0.05) is 49.9 Å². The number of rotatable bonds is 5. The predicted octanol–water partition coefficient (Wildman–Crippen LogP) is 3.00. The summed E-state index contributed by atoms with van der Waals surface area (Å²) in [5, 5.41) is 0.780. The van der Waals surface area contributed by atoms with Crippen LogP contribution < -0.4 is 4.90 Å². The van der Waals surface area contributed by atoms with Crippen molar-refractivity contribution in [2.24, 2.45) is 0 Å². The molecule has 1 aliphatic rings. The molecule has 1 saturated heterocycles. The molecule has 0 atom stereocenters. The van der Waals surface area contributed by atoms with Crippen LogP contribution in [0.1, 0.15) is 13.3 Å². The molecule has 0 spiro atoms. The van der Waals surface area contributed by atoms with E-state index < -0.39 is 0 Å². The van der Waals surface area contributed by atoms with Crippen LogP contribution in [0.3, 0.4) is 0 Å². The molecule has 3 nitrogen and oxygen atoms in total. The quantitative estimate of drug-likeness (QED) is 0.780. The number of piperazine rings is 1. The standard InChI is InChI=1S/C16H21ClN2O/c1-2-4-16(20)7-8-18-9-11-19(12-10-18)15-6-3-5-14(17)13-15/h2-6,13H,7-12H2,1H3. The molecule has 2 rings (SSSR count). The fraction of sp³-hybridized carbons (Fsp3) is 0.438. The summed E-state index contributed by atoms with van der Waals surface area (Å²) in [4.78, 5) is 16.2. The van der Waals surface area contributed by atoms with Crippen molar-refractivity contribution in [3.8, 4) is 0 Å². The Hall–Kier alpha value is -1.32. The lowest BCUT2D eigenvalue weighted by molar-refractivity contribution is -0.114. The van der Waals surface area contributed by atoms with Crippen LogP contribution in [0.2, 0.25) is 5.02 Å². The normalized spacial score (nSPS) is 16.8. The van der Waals surface area contributed by atoms with E-state index in [2.05, 4.69) is 15.9 Å². The molecule has 1 aromatic carbocycles. The molecule has 0 radical (unpaired) electrons. The van der Waals surface area contributed by atoms with Gasteiger partial charge >= 0.3 is 0 Å². The lowest BCUT2D eigenvalue weighted by Crippen LogP contribution is -2.46. The summed E-state index contributed by atoms with van der Waals surface area (Å²) in [5.41, 5.74) is 1.18. The highest BCUT2D eigenvalue weighted by Crippen LogP contribution is 2.20. The van der Waals surface area contributed by atoms with E-state index in [0.29, 0.717) is 6.42 Å². The molecule has 0 N–H and O–H groups in total. The maximum Gasteiger partial charge on any atom is 0.156 e. The van der Waals surface area contributed by atoms with Crippen molar-refractivity contribution in [1.29, 1.82) is 0 Å². The lowest BCUT2D eigenvalue weighted by atomic mass is 10.2. The van der Waals surface area contributed by atoms with Gasteiger partial charge in [-0.15, -0.1) is 0 Å². The van der Waals surface area contributed by atoms with Gasteiger partial charge in [-0.1, -0.05) is 23.7 Å². The summed E-state index contributed by atoms with van der Waals surface area (Å²) in [6.07, 6.45) is 4.07. The minimum Gasteiger partial charge on any atom is -0.369 e. The first-order valence-electron chi connectivity index (χ1n) is 7.07.